The van der Waals surface area contributed by atoms with Crippen molar-refractivity contribution in [3.05, 3.63) is 47.8 Å². The number of ether oxygens (including phenoxy) is 1. The van der Waals surface area contributed by atoms with E-state index in [0.29, 0.717) is 18.4 Å². The highest BCUT2D eigenvalue weighted by atomic mass is 32.2. The van der Waals surface area contributed by atoms with Gasteiger partial charge < -0.3 is 15.4 Å². The van der Waals surface area contributed by atoms with E-state index in [0.717, 1.165) is 27.7 Å². The van der Waals surface area contributed by atoms with Gasteiger partial charge >= 0.3 is 5.97 Å². The molecule has 8 nitrogen and oxygen atoms in total. The molecule has 1 aromatic carbocycles. The first-order valence-corrected chi connectivity index (χ1v) is 10.4. The average Bonchev–Trinajstić information content (AvgIpc) is 3.00. The van der Waals surface area contributed by atoms with Gasteiger partial charge in [0.15, 0.2) is 0 Å². The van der Waals surface area contributed by atoms with Crippen molar-refractivity contribution in [3.63, 3.8) is 0 Å². The molecule has 3 rings (SSSR count). The molecule has 2 aromatic heterocycles. The van der Waals surface area contributed by atoms with Crippen LogP contribution in [0.25, 0.3) is 0 Å². The molecular formula is C21H26N6O2S. The Bertz CT molecular complexity index is 1030. The lowest BCUT2D eigenvalue weighted by atomic mass is 10.2. The monoisotopic (exact) mass is 426 g/mol. The fourth-order valence-corrected chi connectivity index (χ4v) is 3.70. The summed E-state index contributed by atoms with van der Waals surface area (Å²) in [6.07, 6.45) is 1.68. The van der Waals surface area contributed by atoms with Crippen LogP contribution in [0.4, 0.5) is 23.3 Å². The van der Waals surface area contributed by atoms with E-state index in [-0.39, 0.29) is 5.97 Å². The fraction of sp³-hybridized carbons (Fsp3) is 0.333. The molecular weight excluding hydrogens is 400 g/mol. The summed E-state index contributed by atoms with van der Waals surface area (Å²) in [5, 5.41) is 13.6. The molecule has 0 fully saturated rings. The highest BCUT2D eigenvalue weighted by Gasteiger charge is 2.30. The number of nitrogens with one attached hydrogen (secondary N) is 3. The average molecular weight is 427 g/mol. The first-order chi connectivity index (χ1) is 14.3. The summed E-state index contributed by atoms with van der Waals surface area (Å²) in [6, 6.07) is 9.55. The van der Waals surface area contributed by atoms with Crippen LogP contribution >= 0.6 is 11.8 Å². The largest absolute Gasteiger partial charge is 0.465 e. The maximum absolute atomic E-state index is 12.2. The van der Waals surface area contributed by atoms with E-state index in [1.165, 1.54) is 11.8 Å². The number of hydrogen-bond donors (Lipinski definition) is 3. The third-order valence-corrected chi connectivity index (χ3v) is 5.56. The Morgan fingerprint density at radius 1 is 1.23 bits per heavy atom. The highest BCUT2D eigenvalue weighted by Crippen LogP contribution is 2.35. The summed E-state index contributed by atoms with van der Waals surface area (Å²) in [5.41, 5.74) is 2.80. The molecule has 0 aliphatic heterocycles. The molecule has 0 aliphatic rings. The van der Waals surface area contributed by atoms with Gasteiger partial charge in [-0.25, -0.2) is 4.98 Å². The second-order valence-corrected chi connectivity index (χ2v) is 8.88. The Balaban J connectivity index is 1.72. The van der Waals surface area contributed by atoms with E-state index in [4.69, 9.17) is 4.74 Å². The van der Waals surface area contributed by atoms with Crippen molar-refractivity contribution >= 4 is 41.0 Å². The Kier molecular flexibility index (Phi) is 6.61. The minimum Gasteiger partial charge on any atom is -0.465 e. The fourth-order valence-electron chi connectivity index (χ4n) is 2.63. The molecule has 0 atom stereocenters. The number of nitrogens with zero attached hydrogens (tertiary/aromatic N) is 3. The minimum absolute atomic E-state index is 0.236. The lowest BCUT2D eigenvalue weighted by Gasteiger charge is -2.21. The maximum atomic E-state index is 12.2. The number of carbonyl (C=O) groups excluding carboxylic acids is 1. The standard InChI is InChI=1S/C21H26N6O2S/c1-6-29-19(28)21(4,5)30-16-9-7-8-15(12-16)23-20-22-11-10-17(25-20)24-18-13(2)14(3)26-27-18/h7-12H,6H2,1-5H3,(H3,22,23,24,25,26,27). The number of rotatable bonds is 8. The summed E-state index contributed by atoms with van der Waals surface area (Å²) in [6.45, 7) is 9.81. The molecule has 30 heavy (non-hydrogen) atoms. The van der Waals surface area contributed by atoms with Gasteiger partial charge in [0.2, 0.25) is 5.95 Å². The van der Waals surface area contributed by atoms with Crippen molar-refractivity contribution in [2.75, 3.05) is 17.2 Å². The molecule has 0 bridgehead atoms. The Labute approximate surface area is 180 Å². The minimum atomic E-state index is -0.685. The van der Waals surface area contributed by atoms with Crippen LogP contribution in [0.1, 0.15) is 32.0 Å². The zero-order valence-corrected chi connectivity index (χ0v) is 18.6. The summed E-state index contributed by atoms with van der Waals surface area (Å²) < 4.78 is 4.48. The molecule has 0 aliphatic carbocycles. The van der Waals surface area contributed by atoms with Crippen molar-refractivity contribution < 1.29 is 9.53 Å². The van der Waals surface area contributed by atoms with E-state index in [2.05, 4.69) is 30.8 Å². The number of esters is 1. The van der Waals surface area contributed by atoms with Crippen LogP contribution in [0.2, 0.25) is 0 Å². The molecule has 0 saturated carbocycles. The smallest absolute Gasteiger partial charge is 0.321 e. The van der Waals surface area contributed by atoms with Crippen molar-refractivity contribution in [1.29, 1.82) is 0 Å². The molecule has 0 radical (unpaired) electrons. The summed E-state index contributed by atoms with van der Waals surface area (Å²) in [5.74, 6) is 1.67. The summed E-state index contributed by atoms with van der Waals surface area (Å²) in [7, 11) is 0. The first-order valence-electron chi connectivity index (χ1n) is 9.63. The molecule has 158 valence electrons. The predicted molar refractivity (Wildman–Crippen MR) is 120 cm³/mol. The number of aryl methyl sites for hydroxylation is 1. The molecule has 0 unspecified atom stereocenters. The van der Waals surface area contributed by atoms with Gasteiger partial charge in [0.05, 0.1) is 12.3 Å². The van der Waals surface area contributed by atoms with Crippen LogP contribution < -0.4 is 10.6 Å². The number of aromatic amines is 1. The number of hydrogen-bond acceptors (Lipinski definition) is 8. The number of anilines is 4. The number of thioether (sulfide) groups is 1. The van der Waals surface area contributed by atoms with Crippen molar-refractivity contribution in [3.8, 4) is 0 Å². The number of H-pyrrole nitrogens is 1. The van der Waals surface area contributed by atoms with Crippen molar-refractivity contribution in [2.45, 2.75) is 44.3 Å². The van der Waals surface area contributed by atoms with Crippen molar-refractivity contribution in [1.82, 2.24) is 20.2 Å². The van der Waals surface area contributed by atoms with Gasteiger partial charge in [0.25, 0.3) is 0 Å². The Hall–Kier alpha value is -3.07. The van der Waals surface area contributed by atoms with Gasteiger partial charge in [0.1, 0.15) is 16.4 Å². The van der Waals surface area contributed by atoms with Crippen LogP contribution in [0, 0.1) is 13.8 Å². The summed E-state index contributed by atoms with van der Waals surface area (Å²) >= 11 is 1.45. The Morgan fingerprint density at radius 3 is 2.73 bits per heavy atom. The van der Waals surface area contributed by atoms with E-state index in [1.54, 1.807) is 19.2 Å². The van der Waals surface area contributed by atoms with Gasteiger partial charge in [-0.05, 0) is 58.9 Å². The lowest BCUT2D eigenvalue weighted by molar-refractivity contribution is -0.145. The van der Waals surface area contributed by atoms with E-state index in [1.807, 2.05) is 52.0 Å². The quantitative estimate of drug-likeness (QED) is 0.350. The van der Waals surface area contributed by atoms with E-state index >= 15 is 0 Å². The number of benzene rings is 1. The molecule has 3 N–H and O–H groups in total. The predicted octanol–water partition coefficient (Wildman–Crippen LogP) is 4.74. The van der Waals surface area contributed by atoms with Crippen LogP contribution in [-0.4, -0.2) is 37.5 Å². The zero-order valence-electron chi connectivity index (χ0n) is 17.7. The third-order valence-electron chi connectivity index (χ3n) is 4.39. The Morgan fingerprint density at radius 2 is 2.03 bits per heavy atom. The summed E-state index contributed by atoms with van der Waals surface area (Å²) in [4.78, 5) is 21.9. The lowest BCUT2D eigenvalue weighted by Crippen LogP contribution is -2.29. The van der Waals surface area contributed by atoms with Gasteiger partial charge in [-0.3, -0.25) is 9.89 Å². The molecule has 0 amide bonds. The van der Waals surface area contributed by atoms with Crippen molar-refractivity contribution in [2.24, 2.45) is 0 Å². The zero-order chi connectivity index (χ0) is 21.7. The molecule has 3 aromatic rings. The second kappa shape index (κ2) is 9.17. The van der Waals surface area contributed by atoms with Gasteiger partial charge in [-0.2, -0.15) is 10.1 Å². The highest BCUT2D eigenvalue weighted by molar-refractivity contribution is 8.01. The topological polar surface area (TPSA) is 105 Å². The molecule has 2 heterocycles. The van der Waals surface area contributed by atoms with E-state index in [9.17, 15) is 4.79 Å². The number of carbonyl (C=O) groups is 1. The van der Waals surface area contributed by atoms with E-state index < -0.39 is 4.75 Å². The van der Waals surface area contributed by atoms with Gasteiger partial charge in [0, 0.05) is 22.3 Å². The van der Waals surface area contributed by atoms with Crippen LogP contribution in [0.15, 0.2) is 41.4 Å². The SMILES string of the molecule is CCOC(=O)C(C)(C)Sc1cccc(Nc2nccc(Nc3[nH]nc(C)c3C)n2)c1. The molecule has 9 heteroatoms. The molecule has 0 saturated heterocycles. The second-order valence-electron chi connectivity index (χ2n) is 7.19. The normalized spacial score (nSPS) is 11.2. The molecule has 0 spiro atoms. The van der Waals surface area contributed by atoms with Gasteiger partial charge in [-0.15, -0.1) is 11.8 Å². The first kappa shape index (κ1) is 21.6. The van der Waals surface area contributed by atoms with Crippen LogP contribution in [-0.2, 0) is 9.53 Å². The van der Waals surface area contributed by atoms with Crippen LogP contribution in [0.3, 0.4) is 0 Å². The third kappa shape index (κ3) is 5.29. The number of aromatic nitrogens is 4. The van der Waals surface area contributed by atoms with Crippen LogP contribution in [0.5, 0.6) is 0 Å². The van der Waals surface area contributed by atoms with Gasteiger partial charge in [-0.1, -0.05) is 6.07 Å². The maximum Gasteiger partial charge on any atom is 0.321 e.